The standard InChI is InChI=1S/C13H19NO2S2/c1-7-4-8(2)6-10(5-7)17-13-14-9(3)11(18-13)12(15)16/h7-8,10H,4-6H2,1-3H3,(H,15,16). The average Bonchev–Trinajstić information content (AvgIpc) is 2.57. The summed E-state index contributed by atoms with van der Waals surface area (Å²) < 4.78 is 0.913. The summed E-state index contributed by atoms with van der Waals surface area (Å²) in [6, 6.07) is 0. The number of nitrogens with zero attached hydrogens (tertiary/aromatic N) is 1. The van der Waals surface area contributed by atoms with Gasteiger partial charge in [-0.05, 0) is 38.0 Å². The Morgan fingerprint density at radius 2 is 1.94 bits per heavy atom. The number of aromatic nitrogens is 1. The molecule has 0 bridgehead atoms. The van der Waals surface area contributed by atoms with Crippen LogP contribution in [0.4, 0.5) is 0 Å². The molecule has 1 heterocycles. The number of rotatable bonds is 3. The molecule has 0 saturated heterocycles. The molecule has 100 valence electrons. The van der Waals surface area contributed by atoms with Gasteiger partial charge in [0.2, 0.25) is 0 Å². The van der Waals surface area contributed by atoms with Gasteiger partial charge in [0.15, 0.2) is 4.34 Å². The van der Waals surface area contributed by atoms with Gasteiger partial charge in [-0.1, -0.05) is 25.6 Å². The molecular weight excluding hydrogens is 266 g/mol. The number of carboxylic acid groups (broad SMARTS) is 1. The Hall–Kier alpha value is -0.550. The summed E-state index contributed by atoms with van der Waals surface area (Å²) in [5.41, 5.74) is 0.645. The van der Waals surface area contributed by atoms with Gasteiger partial charge in [-0.25, -0.2) is 9.78 Å². The van der Waals surface area contributed by atoms with E-state index in [9.17, 15) is 4.79 Å². The number of hydrogen-bond acceptors (Lipinski definition) is 4. The van der Waals surface area contributed by atoms with Gasteiger partial charge in [-0.3, -0.25) is 0 Å². The van der Waals surface area contributed by atoms with Crippen molar-refractivity contribution in [3.8, 4) is 0 Å². The molecule has 2 atom stereocenters. The number of aryl methyl sites for hydroxylation is 1. The van der Waals surface area contributed by atoms with Crippen LogP contribution < -0.4 is 0 Å². The fourth-order valence-corrected chi connectivity index (χ4v) is 5.55. The molecule has 18 heavy (non-hydrogen) atoms. The summed E-state index contributed by atoms with van der Waals surface area (Å²) in [4.78, 5) is 15.8. The lowest BCUT2D eigenvalue weighted by molar-refractivity contribution is 0.0701. The van der Waals surface area contributed by atoms with Gasteiger partial charge in [0.25, 0.3) is 0 Å². The maximum absolute atomic E-state index is 11.0. The van der Waals surface area contributed by atoms with E-state index in [4.69, 9.17) is 5.11 Å². The molecule has 0 radical (unpaired) electrons. The summed E-state index contributed by atoms with van der Waals surface area (Å²) >= 11 is 3.08. The zero-order valence-electron chi connectivity index (χ0n) is 11.0. The highest BCUT2D eigenvalue weighted by Gasteiger charge is 2.26. The van der Waals surface area contributed by atoms with Crippen molar-refractivity contribution in [1.29, 1.82) is 0 Å². The molecule has 3 nitrogen and oxygen atoms in total. The Morgan fingerprint density at radius 3 is 2.44 bits per heavy atom. The Balaban J connectivity index is 2.05. The van der Waals surface area contributed by atoms with E-state index in [0.717, 1.165) is 16.2 Å². The SMILES string of the molecule is Cc1nc(SC2CC(C)CC(C)C2)sc1C(=O)O. The van der Waals surface area contributed by atoms with Crippen LogP contribution in [0.2, 0.25) is 0 Å². The van der Waals surface area contributed by atoms with Gasteiger partial charge in [0.05, 0.1) is 5.69 Å². The molecule has 0 amide bonds. The molecule has 0 aliphatic heterocycles. The van der Waals surface area contributed by atoms with Crippen LogP contribution in [0.1, 0.15) is 48.5 Å². The molecule has 2 rings (SSSR count). The number of thiazole rings is 1. The zero-order valence-corrected chi connectivity index (χ0v) is 12.6. The first-order valence-corrected chi connectivity index (χ1v) is 8.02. The van der Waals surface area contributed by atoms with E-state index < -0.39 is 5.97 Å². The highest BCUT2D eigenvalue weighted by atomic mass is 32.2. The van der Waals surface area contributed by atoms with Crippen molar-refractivity contribution < 1.29 is 9.90 Å². The first kappa shape index (κ1) is 13.9. The fraction of sp³-hybridized carbons (Fsp3) is 0.692. The Bertz CT molecular complexity index is 434. The molecule has 1 aliphatic rings. The third-order valence-electron chi connectivity index (χ3n) is 3.37. The van der Waals surface area contributed by atoms with Crippen LogP contribution >= 0.6 is 23.1 Å². The predicted octanol–water partition coefficient (Wildman–Crippen LogP) is 4.07. The molecule has 0 spiro atoms. The lowest BCUT2D eigenvalue weighted by Crippen LogP contribution is -2.21. The first-order chi connectivity index (χ1) is 8.45. The molecule has 1 fully saturated rings. The maximum Gasteiger partial charge on any atom is 0.347 e. The zero-order chi connectivity index (χ0) is 13.3. The van der Waals surface area contributed by atoms with E-state index in [-0.39, 0.29) is 0 Å². The molecule has 1 aliphatic carbocycles. The van der Waals surface area contributed by atoms with Crippen LogP contribution in [0, 0.1) is 18.8 Å². The summed E-state index contributed by atoms with van der Waals surface area (Å²) in [6.07, 6.45) is 3.75. The van der Waals surface area contributed by atoms with Crippen LogP contribution in [0.25, 0.3) is 0 Å². The minimum Gasteiger partial charge on any atom is -0.477 e. The molecule has 1 saturated carbocycles. The molecule has 1 N–H and O–H groups in total. The van der Waals surface area contributed by atoms with Crippen molar-refractivity contribution in [2.75, 3.05) is 0 Å². The van der Waals surface area contributed by atoms with Crippen LogP contribution in [-0.2, 0) is 0 Å². The smallest absolute Gasteiger partial charge is 0.347 e. The van der Waals surface area contributed by atoms with E-state index in [0.29, 0.717) is 15.8 Å². The van der Waals surface area contributed by atoms with Gasteiger partial charge in [0, 0.05) is 5.25 Å². The normalized spacial score (nSPS) is 28.3. The van der Waals surface area contributed by atoms with Crippen LogP contribution in [0.5, 0.6) is 0 Å². The van der Waals surface area contributed by atoms with E-state index in [2.05, 4.69) is 18.8 Å². The van der Waals surface area contributed by atoms with Gasteiger partial charge in [-0.2, -0.15) is 0 Å². The minimum atomic E-state index is -0.859. The molecule has 2 unspecified atom stereocenters. The summed E-state index contributed by atoms with van der Waals surface area (Å²) in [7, 11) is 0. The Labute approximate surface area is 116 Å². The lowest BCUT2D eigenvalue weighted by atomic mass is 9.83. The van der Waals surface area contributed by atoms with Gasteiger partial charge in [0.1, 0.15) is 4.88 Å². The van der Waals surface area contributed by atoms with E-state index >= 15 is 0 Å². The predicted molar refractivity (Wildman–Crippen MR) is 75.6 cm³/mol. The number of carbonyl (C=O) groups is 1. The van der Waals surface area contributed by atoms with Crippen molar-refractivity contribution in [3.05, 3.63) is 10.6 Å². The van der Waals surface area contributed by atoms with Crippen molar-refractivity contribution in [1.82, 2.24) is 4.98 Å². The van der Waals surface area contributed by atoms with Crippen LogP contribution in [-0.4, -0.2) is 21.3 Å². The lowest BCUT2D eigenvalue weighted by Gasteiger charge is -2.30. The second-order valence-electron chi connectivity index (χ2n) is 5.36. The quantitative estimate of drug-likeness (QED) is 0.909. The van der Waals surface area contributed by atoms with Crippen molar-refractivity contribution in [2.24, 2.45) is 11.8 Å². The molecule has 5 heteroatoms. The van der Waals surface area contributed by atoms with Gasteiger partial charge in [-0.15, -0.1) is 11.3 Å². The second-order valence-corrected chi connectivity index (χ2v) is 7.90. The molecule has 1 aromatic rings. The number of thioether (sulfide) groups is 1. The minimum absolute atomic E-state index is 0.384. The average molecular weight is 285 g/mol. The summed E-state index contributed by atoms with van der Waals surface area (Å²) in [5.74, 6) is 0.680. The highest BCUT2D eigenvalue weighted by Crippen LogP contribution is 2.40. The third-order valence-corrected chi connectivity index (χ3v) is 5.86. The van der Waals surface area contributed by atoms with E-state index in [1.807, 2.05) is 0 Å². The van der Waals surface area contributed by atoms with Gasteiger partial charge < -0.3 is 5.11 Å². The van der Waals surface area contributed by atoms with Gasteiger partial charge >= 0.3 is 5.97 Å². The molecule has 0 aromatic carbocycles. The summed E-state index contributed by atoms with van der Waals surface area (Å²) in [5, 5.41) is 9.62. The van der Waals surface area contributed by atoms with Crippen molar-refractivity contribution in [3.63, 3.8) is 0 Å². The Morgan fingerprint density at radius 1 is 1.33 bits per heavy atom. The second kappa shape index (κ2) is 5.61. The fourth-order valence-electron chi connectivity index (χ4n) is 2.73. The van der Waals surface area contributed by atoms with E-state index in [1.165, 1.54) is 30.6 Å². The van der Waals surface area contributed by atoms with Crippen molar-refractivity contribution >= 4 is 29.1 Å². The monoisotopic (exact) mass is 285 g/mol. The number of hydrogen-bond donors (Lipinski definition) is 1. The summed E-state index contributed by atoms with van der Waals surface area (Å²) in [6.45, 7) is 6.38. The largest absolute Gasteiger partial charge is 0.477 e. The topological polar surface area (TPSA) is 50.2 Å². The third kappa shape index (κ3) is 3.26. The maximum atomic E-state index is 11.0. The van der Waals surface area contributed by atoms with Crippen LogP contribution in [0.3, 0.4) is 0 Å². The van der Waals surface area contributed by atoms with Crippen molar-refractivity contribution in [2.45, 2.75) is 49.6 Å². The first-order valence-electron chi connectivity index (χ1n) is 6.33. The Kier molecular flexibility index (Phi) is 4.33. The molecule has 1 aromatic heterocycles. The number of carboxylic acids is 1. The van der Waals surface area contributed by atoms with E-state index in [1.54, 1.807) is 18.7 Å². The highest BCUT2D eigenvalue weighted by molar-refractivity contribution is 8.01. The number of aromatic carboxylic acids is 1. The molecular formula is C13H19NO2S2. The van der Waals surface area contributed by atoms with Crippen LogP contribution in [0.15, 0.2) is 4.34 Å².